The Morgan fingerprint density at radius 1 is 1.24 bits per heavy atom. The minimum absolute atomic E-state index is 0.220. The molecule has 1 aliphatic rings. The van der Waals surface area contributed by atoms with Crippen molar-refractivity contribution >= 4 is 6.09 Å². The molecule has 0 saturated carbocycles. The van der Waals surface area contributed by atoms with Crippen LogP contribution in [0.5, 0.6) is 0 Å². The molecule has 88 valence electrons. The summed E-state index contributed by atoms with van der Waals surface area (Å²) in [5.41, 5.74) is 2.50. The summed E-state index contributed by atoms with van der Waals surface area (Å²) in [5.74, 6) is 0.220. The van der Waals surface area contributed by atoms with Crippen molar-refractivity contribution in [3.05, 3.63) is 59.9 Å². The summed E-state index contributed by atoms with van der Waals surface area (Å²) in [7, 11) is 1.37. The maximum atomic E-state index is 11.3. The van der Waals surface area contributed by atoms with Crippen LogP contribution in [-0.4, -0.2) is 18.1 Å². The molecule has 1 aromatic carbocycles. The van der Waals surface area contributed by atoms with E-state index in [9.17, 15) is 4.79 Å². The highest BCUT2D eigenvalue weighted by molar-refractivity contribution is 5.70. The first kappa shape index (κ1) is 11.5. The van der Waals surface area contributed by atoms with Gasteiger partial charge in [-0.1, -0.05) is 36.4 Å². The van der Waals surface area contributed by atoms with Crippen molar-refractivity contribution in [3.8, 4) is 0 Å². The van der Waals surface area contributed by atoms with Gasteiger partial charge in [-0.2, -0.15) is 0 Å². The third-order valence-corrected chi connectivity index (χ3v) is 2.84. The van der Waals surface area contributed by atoms with Crippen molar-refractivity contribution < 1.29 is 9.53 Å². The summed E-state index contributed by atoms with van der Waals surface area (Å²) in [5, 5.41) is 0. The largest absolute Gasteiger partial charge is 0.452 e. The lowest BCUT2D eigenvalue weighted by molar-refractivity contribution is 0.151. The first-order valence-corrected chi connectivity index (χ1v) is 5.51. The maximum absolute atomic E-state index is 11.3. The normalized spacial score (nSPS) is 15.1. The zero-order valence-electron chi connectivity index (χ0n) is 9.96. The number of methoxy groups -OCH3 is 1. The molecule has 1 aromatic rings. The van der Waals surface area contributed by atoms with Crippen molar-refractivity contribution in [2.24, 2.45) is 0 Å². The smallest absolute Gasteiger partial charge is 0.417 e. The van der Waals surface area contributed by atoms with Gasteiger partial charge in [-0.05, 0) is 18.1 Å². The van der Waals surface area contributed by atoms with E-state index in [1.807, 2.05) is 24.3 Å². The van der Waals surface area contributed by atoms with E-state index in [0.29, 0.717) is 0 Å². The van der Waals surface area contributed by atoms with Gasteiger partial charge < -0.3 is 4.74 Å². The van der Waals surface area contributed by atoms with Gasteiger partial charge in [0, 0.05) is 18.3 Å². The first-order valence-electron chi connectivity index (χ1n) is 5.51. The molecule has 0 aliphatic carbocycles. The monoisotopic (exact) mass is 229 g/mol. The van der Waals surface area contributed by atoms with Gasteiger partial charge in [0.25, 0.3) is 0 Å². The lowest BCUT2D eigenvalue weighted by Crippen LogP contribution is -2.21. The highest BCUT2D eigenvalue weighted by Gasteiger charge is 2.15. The number of nitrogens with zero attached hydrogens (tertiary/aromatic N) is 1. The van der Waals surface area contributed by atoms with E-state index in [2.05, 4.69) is 23.8 Å². The predicted octanol–water partition coefficient (Wildman–Crippen LogP) is 3.19. The van der Waals surface area contributed by atoms with Gasteiger partial charge in [-0.3, -0.25) is 4.90 Å². The van der Waals surface area contributed by atoms with Crippen molar-refractivity contribution in [1.29, 1.82) is 0 Å². The highest BCUT2D eigenvalue weighted by atomic mass is 16.5. The Kier molecular flexibility index (Phi) is 3.28. The van der Waals surface area contributed by atoms with E-state index < -0.39 is 0 Å². The van der Waals surface area contributed by atoms with Gasteiger partial charge in [0.2, 0.25) is 0 Å². The van der Waals surface area contributed by atoms with Gasteiger partial charge in [0.15, 0.2) is 0 Å². The Morgan fingerprint density at radius 2 is 1.88 bits per heavy atom. The Labute approximate surface area is 101 Å². The number of amides is 1. The molecule has 1 heterocycles. The molecule has 2 rings (SSSR count). The molecule has 3 nitrogen and oxygen atoms in total. The van der Waals surface area contributed by atoms with E-state index in [0.717, 1.165) is 0 Å². The molecule has 0 radical (unpaired) electrons. The average Bonchev–Trinajstić information content (AvgIpc) is 2.39. The second kappa shape index (κ2) is 4.87. The fourth-order valence-electron chi connectivity index (χ4n) is 1.88. The number of ether oxygens (including phenoxy) is 1. The molecule has 1 aliphatic heterocycles. The third-order valence-electron chi connectivity index (χ3n) is 2.84. The Bertz CT molecular complexity index is 463. The van der Waals surface area contributed by atoms with Crippen molar-refractivity contribution in [3.63, 3.8) is 0 Å². The van der Waals surface area contributed by atoms with Crippen LogP contribution in [-0.2, 0) is 4.74 Å². The van der Waals surface area contributed by atoms with Crippen LogP contribution in [0.1, 0.15) is 17.0 Å². The summed E-state index contributed by atoms with van der Waals surface area (Å²) in [4.78, 5) is 12.7. The van der Waals surface area contributed by atoms with Crippen LogP contribution in [0.25, 0.3) is 0 Å². The molecule has 0 atom stereocenters. The number of hydrogen-bond acceptors (Lipinski definition) is 2. The second-order valence-electron chi connectivity index (χ2n) is 3.94. The summed E-state index contributed by atoms with van der Waals surface area (Å²) in [6.45, 7) is 2.09. The average molecular weight is 229 g/mol. The number of benzene rings is 1. The highest BCUT2D eigenvalue weighted by Crippen LogP contribution is 2.25. The van der Waals surface area contributed by atoms with E-state index in [1.54, 1.807) is 12.4 Å². The first-order chi connectivity index (χ1) is 8.22. The van der Waals surface area contributed by atoms with Gasteiger partial charge in [0.05, 0.1) is 7.11 Å². The minimum Gasteiger partial charge on any atom is -0.452 e. The van der Waals surface area contributed by atoms with E-state index in [-0.39, 0.29) is 12.0 Å². The van der Waals surface area contributed by atoms with E-state index in [1.165, 1.54) is 23.1 Å². The molecular weight excluding hydrogens is 214 g/mol. The third kappa shape index (κ3) is 2.38. The Balaban J connectivity index is 2.17. The second-order valence-corrected chi connectivity index (χ2v) is 3.94. The van der Waals surface area contributed by atoms with Gasteiger partial charge in [-0.15, -0.1) is 0 Å². The van der Waals surface area contributed by atoms with Crippen LogP contribution in [0.2, 0.25) is 0 Å². The van der Waals surface area contributed by atoms with E-state index >= 15 is 0 Å². The molecule has 0 N–H and O–H groups in total. The molecule has 17 heavy (non-hydrogen) atoms. The topological polar surface area (TPSA) is 29.5 Å². The summed E-state index contributed by atoms with van der Waals surface area (Å²) in [6, 6.07) is 8.23. The zero-order chi connectivity index (χ0) is 12.3. The van der Waals surface area contributed by atoms with Crippen molar-refractivity contribution in [1.82, 2.24) is 4.90 Å². The minimum atomic E-state index is -0.374. The van der Waals surface area contributed by atoms with Crippen LogP contribution < -0.4 is 0 Å². The molecule has 0 aromatic heterocycles. The SMILES string of the molecule is COC(=O)N1C=CC(c2ccccc2C)C=C1. The van der Waals surface area contributed by atoms with Crippen LogP contribution in [0.3, 0.4) is 0 Å². The molecule has 3 heteroatoms. The lowest BCUT2D eigenvalue weighted by Gasteiger charge is -2.20. The number of carbonyl (C=O) groups is 1. The van der Waals surface area contributed by atoms with E-state index in [4.69, 9.17) is 0 Å². The molecule has 0 unspecified atom stereocenters. The zero-order valence-corrected chi connectivity index (χ0v) is 9.96. The van der Waals surface area contributed by atoms with Crippen molar-refractivity contribution in [2.75, 3.05) is 7.11 Å². The predicted molar refractivity (Wildman–Crippen MR) is 66.4 cm³/mol. The number of aryl methyl sites for hydroxylation is 1. The van der Waals surface area contributed by atoms with Crippen LogP contribution in [0.15, 0.2) is 48.8 Å². The molecule has 0 bridgehead atoms. The number of carbonyl (C=O) groups excluding carboxylic acids is 1. The number of allylic oxidation sites excluding steroid dienone is 2. The molecule has 1 amide bonds. The number of hydrogen-bond donors (Lipinski definition) is 0. The molecule has 0 saturated heterocycles. The van der Waals surface area contributed by atoms with Crippen LogP contribution in [0, 0.1) is 6.92 Å². The number of rotatable bonds is 1. The standard InChI is InChI=1S/C14H15NO2/c1-11-5-3-4-6-13(11)12-7-9-15(10-8-12)14(16)17-2/h3-10,12H,1-2H3. The molecular formula is C14H15NO2. The Hall–Kier alpha value is -2.03. The maximum Gasteiger partial charge on any atom is 0.417 e. The van der Waals surface area contributed by atoms with Gasteiger partial charge in [0.1, 0.15) is 0 Å². The molecule has 0 fully saturated rings. The summed E-state index contributed by atoms with van der Waals surface area (Å²) >= 11 is 0. The quantitative estimate of drug-likeness (QED) is 0.740. The van der Waals surface area contributed by atoms with Gasteiger partial charge in [-0.25, -0.2) is 4.79 Å². The van der Waals surface area contributed by atoms with Gasteiger partial charge >= 0.3 is 6.09 Å². The molecule has 0 spiro atoms. The fraction of sp³-hybridized carbons (Fsp3) is 0.214. The Morgan fingerprint density at radius 3 is 2.47 bits per heavy atom. The van der Waals surface area contributed by atoms with Crippen molar-refractivity contribution in [2.45, 2.75) is 12.8 Å². The fourth-order valence-corrected chi connectivity index (χ4v) is 1.88. The van der Waals surface area contributed by atoms with Crippen LogP contribution >= 0.6 is 0 Å². The lowest BCUT2D eigenvalue weighted by atomic mass is 9.94. The summed E-state index contributed by atoms with van der Waals surface area (Å²) in [6.07, 6.45) is 7.07. The van der Waals surface area contributed by atoms with Crippen LogP contribution in [0.4, 0.5) is 4.79 Å². The summed E-state index contributed by atoms with van der Waals surface area (Å²) < 4.78 is 4.64.